The average Bonchev–Trinajstić information content (AvgIpc) is 3.35. The van der Waals surface area contributed by atoms with Gasteiger partial charge in [0.1, 0.15) is 13.2 Å². The number of aliphatic carboxylic acids is 1. The summed E-state index contributed by atoms with van der Waals surface area (Å²) in [7, 11) is 5.92. The third kappa shape index (κ3) is 55.5. The zero-order chi connectivity index (χ0) is 52.7. The van der Waals surface area contributed by atoms with Crippen LogP contribution in [0.25, 0.3) is 0 Å². The number of carboxylic acids is 1. The predicted molar refractivity (Wildman–Crippen MR) is 302 cm³/mol. The molecule has 0 bridgehead atoms. The number of nitrogens with zero attached hydrogens (tertiary/aromatic N) is 1. The van der Waals surface area contributed by atoms with Crippen molar-refractivity contribution in [1.29, 1.82) is 0 Å². The molecule has 0 N–H and O–H groups in total. The lowest BCUT2D eigenvalue weighted by molar-refractivity contribution is -0.870. The van der Waals surface area contributed by atoms with Crippen LogP contribution >= 0.6 is 0 Å². The normalized spacial score (nSPS) is 12.8. The van der Waals surface area contributed by atoms with Gasteiger partial charge in [0.25, 0.3) is 0 Å². The number of hydrogen-bond donors (Lipinski definition) is 0. The molecule has 0 radical (unpaired) electrons. The Bertz CT molecular complexity index is 1230. The number of rotatable bonds is 58. The third-order valence-electron chi connectivity index (χ3n) is 14.0. The maximum absolute atomic E-state index is 12.8. The fourth-order valence-electron chi connectivity index (χ4n) is 9.14. The molecule has 424 valence electrons. The zero-order valence-electron chi connectivity index (χ0n) is 48.3. The summed E-state index contributed by atoms with van der Waals surface area (Å²) in [5, 5.41) is 11.8. The standard InChI is InChI=1S/C63H119NO8/c1-6-8-10-12-14-16-18-20-22-23-24-25-26-27-28-29-30-31-32-33-34-35-36-37-38-39-40-42-43-45-47-49-51-53-60(65)70-57-59(58-71-63(62(67)68)69-56-55-64(3,4)5)72-61(66)54-52-50-48-46-44-41-21-19-17-15-13-11-9-7-2/h13,15,19,21,59,63H,6-12,14,16-18,20,22-58H2,1-5H3/b15-13-,21-19-. The molecule has 0 aromatic heterocycles. The van der Waals surface area contributed by atoms with E-state index >= 15 is 0 Å². The number of carboxylic acid groups (broad SMARTS) is 1. The summed E-state index contributed by atoms with van der Waals surface area (Å²) in [6.07, 6.45) is 62.6. The van der Waals surface area contributed by atoms with E-state index in [4.69, 9.17) is 18.9 Å². The second kappa shape index (κ2) is 55.0. The Hall–Kier alpha value is -2.23. The number of likely N-dealkylation sites (N-methyl/N-ethyl adjacent to an activating group) is 1. The minimum absolute atomic E-state index is 0.147. The molecule has 9 nitrogen and oxygen atoms in total. The maximum Gasteiger partial charge on any atom is 0.306 e. The summed E-state index contributed by atoms with van der Waals surface area (Å²) >= 11 is 0. The summed E-state index contributed by atoms with van der Waals surface area (Å²) in [5.74, 6) is -2.28. The first-order chi connectivity index (χ1) is 35.1. The molecule has 0 aliphatic rings. The topological polar surface area (TPSA) is 111 Å². The summed E-state index contributed by atoms with van der Waals surface area (Å²) in [5.41, 5.74) is 0. The molecule has 0 heterocycles. The molecule has 0 fully saturated rings. The Kier molecular flexibility index (Phi) is 53.3. The van der Waals surface area contributed by atoms with Gasteiger partial charge >= 0.3 is 11.9 Å². The van der Waals surface area contributed by atoms with E-state index < -0.39 is 24.3 Å². The molecule has 2 unspecified atom stereocenters. The van der Waals surface area contributed by atoms with Crippen LogP contribution in [0.5, 0.6) is 0 Å². The van der Waals surface area contributed by atoms with Crippen molar-refractivity contribution in [2.24, 2.45) is 0 Å². The van der Waals surface area contributed by atoms with Crippen molar-refractivity contribution in [3.8, 4) is 0 Å². The molecule has 2 atom stereocenters. The van der Waals surface area contributed by atoms with Gasteiger partial charge in [-0.05, 0) is 38.5 Å². The van der Waals surface area contributed by atoms with Gasteiger partial charge in [-0.15, -0.1) is 0 Å². The first-order valence-corrected chi connectivity index (χ1v) is 31.0. The predicted octanol–water partition coefficient (Wildman–Crippen LogP) is 17.0. The van der Waals surface area contributed by atoms with Gasteiger partial charge in [-0.2, -0.15) is 0 Å². The molecule has 0 spiro atoms. The molecular formula is C63H119NO8. The van der Waals surface area contributed by atoms with E-state index in [-0.39, 0.29) is 32.2 Å². The molecule has 0 aliphatic heterocycles. The van der Waals surface area contributed by atoms with Gasteiger partial charge in [0, 0.05) is 12.8 Å². The highest BCUT2D eigenvalue weighted by atomic mass is 16.7. The molecule has 0 rings (SSSR count). The minimum Gasteiger partial charge on any atom is -0.545 e. The van der Waals surface area contributed by atoms with E-state index in [1.54, 1.807) is 0 Å². The summed E-state index contributed by atoms with van der Waals surface area (Å²) in [6.45, 7) is 4.73. The molecule has 0 aromatic carbocycles. The number of carbonyl (C=O) groups is 3. The van der Waals surface area contributed by atoms with Crippen LogP contribution in [0.4, 0.5) is 0 Å². The Morgan fingerprint density at radius 1 is 0.417 bits per heavy atom. The van der Waals surface area contributed by atoms with Crippen molar-refractivity contribution in [3.05, 3.63) is 24.3 Å². The van der Waals surface area contributed by atoms with Crippen molar-refractivity contribution in [1.82, 2.24) is 0 Å². The third-order valence-corrected chi connectivity index (χ3v) is 14.0. The van der Waals surface area contributed by atoms with E-state index in [2.05, 4.69) is 38.2 Å². The summed E-state index contributed by atoms with van der Waals surface area (Å²) < 4.78 is 22.7. The van der Waals surface area contributed by atoms with Crippen LogP contribution in [0.15, 0.2) is 24.3 Å². The first kappa shape index (κ1) is 69.8. The fraction of sp³-hybridized carbons (Fsp3) is 0.889. The minimum atomic E-state index is -1.62. The highest BCUT2D eigenvalue weighted by Crippen LogP contribution is 2.18. The number of quaternary nitrogens is 1. The fourth-order valence-corrected chi connectivity index (χ4v) is 9.14. The molecule has 0 saturated heterocycles. The highest BCUT2D eigenvalue weighted by molar-refractivity contribution is 5.70. The van der Waals surface area contributed by atoms with E-state index in [0.29, 0.717) is 23.9 Å². The van der Waals surface area contributed by atoms with Crippen LogP contribution in [-0.4, -0.2) is 82.3 Å². The van der Waals surface area contributed by atoms with Gasteiger partial charge in [-0.1, -0.05) is 276 Å². The van der Waals surface area contributed by atoms with Gasteiger partial charge in [-0.25, -0.2) is 0 Å². The number of unbranched alkanes of at least 4 members (excludes halogenated alkanes) is 39. The van der Waals surface area contributed by atoms with Crippen molar-refractivity contribution < 1.29 is 42.9 Å². The lowest BCUT2D eigenvalue weighted by Crippen LogP contribution is -2.44. The monoisotopic (exact) mass is 1020 g/mol. The largest absolute Gasteiger partial charge is 0.545 e. The number of allylic oxidation sites excluding steroid dienone is 4. The van der Waals surface area contributed by atoms with Crippen LogP contribution in [-0.2, 0) is 33.3 Å². The Morgan fingerprint density at radius 2 is 0.764 bits per heavy atom. The molecule has 9 heteroatoms. The van der Waals surface area contributed by atoms with Crippen LogP contribution in [0, 0.1) is 0 Å². The van der Waals surface area contributed by atoms with Crippen LogP contribution < -0.4 is 5.11 Å². The van der Waals surface area contributed by atoms with Gasteiger partial charge in [0.15, 0.2) is 12.4 Å². The molecule has 0 aromatic rings. The SMILES string of the molecule is CCCC/C=C\C/C=C\CCCCCCCC(=O)OC(COC(=O)CCCCCCCCCCCCCCCCCCCCCCCCCCCCCCCCCCC)COC(OCC[N+](C)(C)C)C(=O)[O-]. The number of esters is 2. The Balaban J connectivity index is 3.99. The van der Waals surface area contributed by atoms with Crippen molar-refractivity contribution in [3.63, 3.8) is 0 Å². The van der Waals surface area contributed by atoms with Gasteiger partial charge < -0.3 is 33.3 Å². The smallest absolute Gasteiger partial charge is 0.306 e. The summed E-state index contributed by atoms with van der Waals surface area (Å²) in [4.78, 5) is 37.2. The molecule has 0 saturated carbocycles. The van der Waals surface area contributed by atoms with Crippen LogP contribution in [0.3, 0.4) is 0 Å². The van der Waals surface area contributed by atoms with Gasteiger partial charge in [0.05, 0.1) is 40.3 Å². The molecular weight excluding hydrogens is 899 g/mol. The highest BCUT2D eigenvalue weighted by Gasteiger charge is 2.22. The molecule has 0 aliphatic carbocycles. The Labute approximate surface area is 446 Å². The number of carbonyl (C=O) groups excluding carboxylic acids is 3. The van der Waals surface area contributed by atoms with Crippen molar-refractivity contribution >= 4 is 17.9 Å². The van der Waals surface area contributed by atoms with E-state index in [0.717, 1.165) is 64.2 Å². The van der Waals surface area contributed by atoms with E-state index in [1.807, 2.05) is 21.1 Å². The van der Waals surface area contributed by atoms with Crippen LogP contribution in [0.1, 0.15) is 303 Å². The number of hydrogen-bond acceptors (Lipinski definition) is 8. The second-order valence-corrected chi connectivity index (χ2v) is 22.4. The van der Waals surface area contributed by atoms with E-state index in [9.17, 15) is 19.5 Å². The lowest BCUT2D eigenvalue weighted by Gasteiger charge is -2.26. The van der Waals surface area contributed by atoms with Gasteiger partial charge in [-0.3, -0.25) is 9.59 Å². The van der Waals surface area contributed by atoms with Gasteiger partial charge in [0.2, 0.25) is 0 Å². The van der Waals surface area contributed by atoms with Crippen LogP contribution in [0.2, 0.25) is 0 Å². The van der Waals surface area contributed by atoms with Crippen molar-refractivity contribution in [2.75, 3.05) is 47.5 Å². The molecule has 0 amide bonds. The maximum atomic E-state index is 12.8. The average molecular weight is 1020 g/mol. The molecule has 72 heavy (non-hydrogen) atoms. The quantitative estimate of drug-likeness (QED) is 0.0195. The second-order valence-electron chi connectivity index (χ2n) is 22.4. The van der Waals surface area contributed by atoms with Crippen molar-refractivity contribution in [2.45, 2.75) is 315 Å². The number of ether oxygens (including phenoxy) is 4. The zero-order valence-corrected chi connectivity index (χ0v) is 48.3. The van der Waals surface area contributed by atoms with E-state index in [1.165, 1.54) is 205 Å². The first-order valence-electron chi connectivity index (χ1n) is 31.0. The lowest BCUT2D eigenvalue weighted by atomic mass is 10.0. The summed E-state index contributed by atoms with van der Waals surface area (Å²) in [6, 6.07) is 0. The Morgan fingerprint density at radius 3 is 1.14 bits per heavy atom.